The van der Waals surface area contributed by atoms with E-state index in [4.69, 9.17) is 18.8 Å². The largest absolute Gasteiger partial charge is 0.658 e. The molecule has 0 fully saturated rings. The average molecular weight is 341 g/mol. The maximum Gasteiger partial charge on any atom is 0.658 e. The monoisotopic (exact) mass is 341 g/mol. The quantitative estimate of drug-likeness (QED) is 0.594. The molecular formula is C18H18BO6. The number of hydrogen-bond acceptors (Lipinski definition) is 6. The minimum absolute atomic E-state index is 0.414. The molecule has 0 aliphatic rings. The van der Waals surface area contributed by atoms with Crippen molar-refractivity contribution in [2.45, 2.75) is 13.8 Å². The lowest BCUT2D eigenvalue weighted by Gasteiger charge is -2.10. The van der Waals surface area contributed by atoms with Crippen LogP contribution in [0.3, 0.4) is 0 Å². The third kappa shape index (κ3) is 4.53. The van der Waals surface area contributed by atoms with Crippen molar-refractivity contribution in [1.82, 2.24) is 0 Å². The van der Waals surface area contributed by atoms with Crippen molar-refractivity contribution >= 4 is 19.6 Å². The Morgan fingerprint density at radius 2 is 1.16 bits per heavy atom. The van der Waals surface area contributed by atoms with Gasteiger partial charge >= 0.3 is 19.6 Å². The minimum atomic E-state index is -0.440. The lowest BCUT2D eigenvalue weighted by atomic mass is 10.1. The molecule has 0 heterocycles. The molecule has 0 aromatic heterocycles. The summed E-state index contributed by atoms with van der Waals surface area (Å²) in [5.74, 6) is -0.0344. The Bertz CT molecular complexity index is 722. The molecule has 129 valence electrons. The highest BCUT2D eigenvalue weighted by atomic mass is 16.6. The lowest BCUT2D eigenvalue weighted by molar-refractivity contribution is 0.0591. The molecule has 0 amide bonds. The number of hydrogen-bond donors (Lipinski definition) is 0. The van der Waals surface area contributed by atoms with E-state index in [9.17, 15) is 9.59 Å². The Hall–Kier alpha value is -2.96. The molecule has 2 rings (SSSR count). The van der Waals surface area contributed by atoms with E-state index in [0.717, 1.165) is 18.8 Å². The van der Waals surface area contributed by atoms with Gasteiger partial charge in [0.2, 0.25) is 0 Å². The Morgan fingerprint density at radius 1 is 0.760 bits per heavy atom. The van der Waals surface area contributed by atoms with Gasteiger partial charge < -0.3 is 18.8 Å². The minimum Gasteiger partial charge on any atom is -0.526 e. The zero-order valence-electron chi connectivity index (χ0n) is 14.5. The predicted molar refractivity (Wildman–Crippen MR) is 92.0 cm³/mol. The Labute approximate surface area is 147 Å². The second-order valence-corrected chi connectivity index (χ2v) is 5.27. The fourth-order valence-corrected chi connectivity index (χ4v) is 2.14. The van der Waals surface area contributed by atoms with Crippen molar-refractivity contribution in [2.75, 3.05) is 14.2 Å². The van der Waals surface area contributed by atoms with Gasteiger partial charge in [-0.1, -0.05) is 12.1 Å². The predicted octanol–water partition coefficient (Wildman–Crippen LogP) is 2.87. The smallest absolute Gasteiger partial charge is 0.526 e. The number of carbonyl (C=O) groups excluding carboxylic acids is 2. The molecule has 0 aliphatic carbocycles. The summed E-state index contributed by atoms with van der Waals surface area (Å²) >= 11 is 0. The molecule has 0 N–H and O–H groups in total. The zero-order chi connectivity index (χ0) is 18.4. The van der Waals surface area contributed by atoms with Crippen LogP contribution < -0.4 is 9.31 Å². The number of carbonyl (C=O) groups is 2. The van der Waals surface area contributed by atoms with Crippen molar-refractivity contribution in [3.05, 3.63) is 58.7 Å². The number of esters is 2. The molecule has 0 atom stereocenters. The maximum absolute atomic E-state index is 11.7. The third-order valence-corrected chi connectivity index (χ3v) is 3.60. The first-order valence-electron chi connectivity index (χ1n) is 7.49. The molecule has 0 unspecified atom stereocenters. The SMILES string of the molecule is COC(=O)c1cc(O[B]Oc2ccc(C)c(C(=O)OC)c2)ccc1C. The molecule has 2 aromatic carbocycles. The van der Waals surface area contributed by atoms with Crippen LogP contribution in [-0.4, -0.2) is 33.8 Å². The van der Waals surface area contributed by atoms with Crippen LogP contribution in [0.1, 0.15) is 31.8 Å². The molecule has 0 spiro atoms. The van der Waals surface area contributed by atoms with E-state index in [1.54, 1.807) is 50.2 Å². The number of aryl methyl sites for hydroxylation is 2. The first kappa shape index (κ1) is 18.4. The van der Waals surface area contributed by atoms with Gasteiger partial charge in [-0.2, -0.15) is 0 Å². The van der Waals surface area contributed by atoms with Gasteiger partial charge in [0.1, 0.15) is 11.5 Å². The molecule has 0 bridgehead atoms. The number of ether oxygens (including phenoxy) is 2. The lowest BCUT2D eigenvalue weighted by Crippen LogP contribution is -2.13. The molecule has 25 heavy (non-hydrogen) atoms. The highest BCUT2D eigenvalue weighted by molar-refractivity contribution is 6.20. The van der Waals surface area contributed by atoms with Crippen molar-refractivity contribution in [3.63, 3.8) is 0 Å². The summed E-state index contributed by atoms with van der Waals surface area (Å²) < 4.78 is 20.2. The van der Waals surface area contributed by atoms with Crippen LogP contribution >= 0.6 is 0 Å². The van der Waals surface area contributed by atoms with Gasteiger partial charge in [0.15, 0.2) is 0 Å². The molecular weight excluding hydrogens is 323 g/mol. The van der Waals surface area contributed by atoms with Gasteiger partial charge in [-0.3, -0.25) is 0 Å². The first-order chi connectivity index (χ1) is 12.0. The number of benzene rings is 2. The standard InChI is InChI=1S/C18H18BO6/c1-11-5-7-13(9-15(11)17(20)22-3)24-19-25-14-8-6-12(2)16(10-14)18(21)23-4/h5-10H,1-4H3. The normalized spacial score (nSPS) is 9.92. The summed E-state index contributed by atoms with van der Waals surface area (Å²) in [7, 11) is 3.76. The van der Waals surface area contributed by atoms with Crippen LogP contribution in [0.15, 0.2) is 36.4 Å². The van der Waals surface area contributed by atoms with Gasteiger partial charge in [0.05, 0.1) is 25.3 Å². The van der Waals surface area contributed by atoms with Crippen molar-refractivity contribution in [2.24, 2.45) is 0 Å². The molecule has 0 saturated carbocycles. The average Bonchev–Trinajstić information content (AvgIpc) is 2.63. The van der Waals surface area contributed by atoms with E-state index >= 15 is 0 Å². The summed E-state index contributed by atoms with van der Waals surface area (Å²) in [5.41, 5.74) is 2.39. The van der Waals surface area contributed by atoms with Crippen LogP contribution in [0.4, 0.5) is 0 Å². The third-order valence-electron chi connectivity index (χ3n) is 3.60. The summed E-state index contributed by atoms with van der Waals surface area (Å²) in [6, 6.07) is 10.0. The summed E-state index contributed by atoms with van der Waals surface area (Å²) in [4.78, 5) is 23.4. The molecule has 7 heteroatoms. The van der Waals surface area contributed by atoms with Gasteiger partial charge in [-0.05, 0) is 49.2 Å². The first-order valence-corrected chi connectivity index (χ1v) is 7.49. The van der Waals surface area contributed by atoms with E-state index in [1.807, 2.05) is 0 Å². The van der Waals surface area contributed by atoms with Crippen molar-refractivity contribution < 1.29 is 28.4 Å². The Balaban J connectivity index is 2.04. The van der Waals surface area contributed by atoms with E-state index in [1.165, 1.54) is 14.2 Å². The van der Waals surface area contributed by atoms with Crippen molar-refractivity contribution in [3.8, 4) is 11.5 Å². The maximum atomic E-state index is 11.7. The van der Waals surface area contributed by atoms with Gasteiger partial charge in [-0.25, -0.2) is 9.59 Å². The van der Waals surface area contributed by atoms with Gasteiger partial charge in [-0.15, -0.1) is 0 Å². The van der Waals surface area contributed by atoms with Crippen LogP contribution in [0, 0.1) is 13.8 Å². The topological polar surface area (TPSA) is 71.1 Å². The number of rotatable bonds is 6. The summed E-state index contributed by atoms with van der Waals surface area (Å²) in [6.07, 6.45) is 0. The van der Waals surface area contributed by atoms with Crippen LogP contribution in [-0.2, 0) is 9.47 Å². The van der Waals surface area contributed by atoms with Crippen LogP contribution in [0.5, 0.6) is 11.5 Å². The second kappa shape index (κ2) is 8.23. The molecule has 0 saturated heterocycles. The fraction of sp³-hybridized carbons (Fsp3) is 0.222. The highest BCUT2D eigenvalue weighted by Crippen LogP contribution is 2.20. The summed E-state index contributed by atoms with van der Waals surface area (Å²) in [5, 5.41) is 0. The Kier molecular flexibility index (Phi) is 6.06. The summed E-state index contributed by atoms with van der Waals surface area (Å²) in [6.45, 7) is 3.60. The van der Waals surface area contributed by atoms with E-state index in [2.05, 4.69) is 0 Å². The van der Waals surface area contributed by atoms with Crippen molar-refractivity contribution in [1.29, 1.82) is 0 Å². The van der Waals surface area contributed by atoms with E-state index in [0.29, 0.717) is 22.6 Å². The van der Waals surface area contributed by atoms with E-state index < -0.39 is 11.9 Å². The fourth-order valence-electron chi connectivity index (χ4n) is 2.14. The molecule has 0 aliphatic heterocycles. The highest BCUT2D eigenvalue weighted by Gasteiger charge is 2.13. The van der Waals surface area contributed by atoms with Gasteiger partial charge in [0, 0.05) is 0 Å². The van der Waals surface area contributed by atoms with Crippen LogP contribution in [0.25, 0.3) is 0 Å². The number of methoxy groups -OCH3 is 2. The molecule has 2 aromatic rings. The zero-order valence-corrected chi connectivity index (χ0v) is 14.5. The van der Waals surface area contributed by atoms with E-state index in [-0.39, 0.29) is 0 Å². The van der Waals surface area contributed by atoms with Gasteiger partial charge in [0.25, 0.3) is 0 Å². The van der Waals surface area contributed by atoms with Crippen LogP contribution in [0.2, 0.25) is 0 Å². The molecule has 1 radical (unpaired) electrons. The molecule has 6 nitrogen and oxygen atoms in total. The Morgan fingerprint density at radius 3 is 1.52 bits per heavy atom. The second-order valence-electron chi connectivity index (χ2n) is 5.27.